The van der Waals surface area contributed by atoms with Crippen LogP contribution in [0.3, 0.4) is 0 Å². The van der Waals surface area contributed by atoms with Gasteiger partial charge in [-0.1, -0.05) is 15.9 Å². The highest BCUT2D eigenvalue weighted by atomic mass is 79.9. The van der Waals surface area contributed by atoms with Crippen molar-refractivity contribution in [2.75, 3.05) is 6.54 Å². The van der Waals surface area contributed by atoms with Crippen molar-refractivity contribution in [2.24, 2.45) is 5.92 Å². The average molecular weight is 377 g/mol. The molecular weight excluding hydrogens is 359 g/mol. The number of nitrogens with one attached hydrogen (secondary N) is 2. The van der Waals surface area contributed by atoms with Crippen molar-refractivity contribution in [3.05, 3.63) is 28.0 Å². The van der Waals surface area contributed by atoms with Gasteiger partial charge in [-0.2, -0.15) is 0 Å². The first kappa shape index (κ1) is 15.4. The highest BCUT2D eigenvalue weighted by molar-refractivity contribution is 9.10. The highest BCUT2D eigenvalue weighted by Gasteiger charge is 2.27. The zero-order valence-electron chi connectivity index (χ0n) is 11.5. The van der Waals surface area contributed by atoms with Crippen LogP contribution in [0.25, 0.3) is 0 Å². The molecule has 0 radical (unpaired) electrons. The van der Waals surface area contributed by atoms with E-state index in [1.165, 1.54) is 6.07 Å². The molecule has 116 valence electrons. The number of sulfonamides is 1. The molecule has 7 heteroatoms. The molecule has 2 aliphatic carbocycles. The van der Waals surface area contributed by atoms with Crippen LogP contribution < -0.4 is 10.0 Å². The molecule has 2 fully saturated rings. The molecular formula is C14H18BrFN2O2S. The Morgan fingerprint density at radius 3 is 2.57 bits per heavy atom. The fourth-order valence-corrected chi connectivity index (χ4v) is 4.03. The zero-order valence-corrected chi connectivity index (χ0v) is 13.9. The van der Waals surface area contributed by atoms with Crippen LogP contribution in [0.1, 0.15) is 31.2 Å². The Bertz CT molecular complexity index is 643. The van der Waals surface area contributed by atoms with Gasteiger partial charge in [0.25, 0.3) is 0 Å². The Morgan fingerprint density at radius 1 is 1.24 bits per heavy atom. The number of hydrogen-bond donors (Lipinski definition) is 2. The van der Waals surface area contributed by atoms with E-state index < -0.39 is 15.8 Å². The number of rotatable bonds is 7. The second kappa shape index (κ2) is 5.95. The molecule has 0 amide bonds. The van der Waals surface area contributed by atoms with Crippen molar-refractivity contribution < 1.29 is 12.8 Å². The summed E-state index contributed by atoms with van der Waals surface area (Å²) in [5.74, 6) is -0.249. The van der Waals surface area contributed by atoms with Crippen molar-refractivity contribution in [1.82, 2.24) is 10.0 Å². The Balaban J connectivity index is 1.81. The Labute approximate surface area is 132 Å². The number of benzene rings is 1. The quantitative estimate of drug-likeness (QED) is 0.768. The molecule has 0 heterocycles. The normalized spacial score (nSPS) is 19.0. The average Bonchev–Trinajstić information content (AvgIpc) is 3.30. The smallest absolute Gasteiger partial charge is 0.243 e. The fraction of sp³-hybridized carbons (Fsp3) is 0.571. The molecule has 1 aromatic carbocycles. The van der Waals surface area contributed by atoms with Crippen LogP contribution in [0.15, 0.2) is 21.5 Å². The summed E-state index contributed by atoms with van der Waals surface area (Å²) in [6, 6.07) is 3.40. The molecule has 0 aliphatic heterocycles. The molecule has 2 saturated carbocycles. The van der Waals surface area contributed by atoms with Crippen LogP contribution in [-0.4, -0.2) is 21.0 Å². The predicted octanol–water partition coefficient (Wildman–Crippen LogP) is 2.53. The van der Waals surface area contributed by atoms with Crippen molar-refractivity contribution in [3.8, 4) is 0 Å². The number of halogens is 2. The maximum absolute atomic E-state index is 14.5. The van der Waals surface area contributed by atoms with Gasteiger partial charge in [0.2, 0.25) is 10.0 Å². The maximum Gasteiger partial charge on any atom is 0.243 e. The topological polar surface area (TPSA) is 58.2 Å². The Morgan fingerprint density at radius 2 is 1.95 bits per heavy atom. The van der Waals surface area contributed by atoms with E-state index in [2.05, 4.69) is 26.0 Å². The van der Waals surface area contributed by atoms with Crippen LogP contribution in [0.2, 0.25) is 0 Å². The van der Waals surface area contributed by atoms with Gasteiger partial charge in [-0.3, -0.25) is 0 Å². The minimum Gasteiger partial charge on any atom is -0.310 e. The van der Waals surface area contributed by atoms with Crippen molar-refractivity contribution in [2.45, 2.75) is 43.2 Å². The molecule has 0 spiro atoms. The molecule has 0 bridgehead atoms. The second-order valence-electron chi connectivity index (χ2n) is 5.83. The molecule has 2 N–H and O–H groups in total. The highest BCUT2D eigenvalue weighted by Crippen LogP contribution is 2.29. The molecule has 0 saturated heterocycles. The van der Waals surface area contributed by atoms with E-state index in [4.69, 9.17) is 0 Å². The first-order valence-corrected chi connectivity index (χ1v) is 9.44. The number of hydrogen-bond acceptors (Lipinski definition) is 3. The molecule has 0 unspecified atom stereocenters. The van der Waals surface area contributed by atoms with Gasteiger partial charge >= 0.3 is 0 Å². The van der Waals surface area contributed by atoms with Gasteiger partial charge in [0.05, 0.1) is 0 Å². The molecule has 1 aromatic rings. The van der Waals surface area contributed by atoms with E-state index in [1.54, 1.807) is 6.07 Å². The lowest BCUT2D eigenvalue weighted by Gasteiger charge is -2.12. The predicted molar refractivity (Wildman–Crippen MR) is 81.9 cm³/mol. The SMILES string of the molecule is O=S(=O)(NCC1CC1)c1cc(Br)cc(CNC2CC2)c1F. The van der Waals surface area contributed by atoms with Crippen LogP contribution in [0, 0.1) is 11.7 Å². The second-order valence-corrected chi connectivity index (χ2v) is 8.48. The van der Waals surface area contributed by atoms with Crippen LogP contribution in [-0.2, 0) is 16.6 Å². The van der Waals surface area contributed by atoms with Gasteiger partial charge in [0.15, 0.2) is 0 Å². The summed E-state index contributed by atoms with van der Waals surface area (Å²) < 4.78 is 42.0. The summed E-state index contributed by atoms with van der Waals surface area (Å²) in [6.07, 6.45) is 4.29. The standard InChI is InChI=1S/C14H18BrFN2O2S/c15-11-5-10(8-17-12-3-4-12)14(16)13(6-11)21(19,20)18-7-9-1-2-9/h5-6,9,12,17-18H,1-4,7-8H2. The van der Waals surface area contributed by atoms with Gasteiger partial charge in [-0.25, -0.2) is 17.5 Å². The Hall–Kier alpha value is -0.500. The van der Waals surface area contributed by atoms with Crippen molar-refractivity contribution >= 4 is 26.0 Å². The summed E-state index contributed by atoms with van der Waals surface area (Å²) in [5.41, 5.74) is 0.378. The molecule has 2 aliphatic rings. The van der Waals surface area contributed by atoms with Gasteiger partial charge in [0.1, 0.15) is 10.7 Å². The first-order chi connectivity index (χ1) is 9.95. The summed E-state index contributed by atoms with van der Waals surface area (Å²) in [6.45, 7) is 0.741. The van der Waals surface area contributed by atoms with E-state index >= 15 is 0 Å². The summed E-state index contributed by atoms with van der Waals surface area (Å²) in [7, 11) is -3.80. The van der Waals surface area contributed by atoms with Crippen LogP contribution >= 0.6 is 15.9 Å². The van der Waals surface area contributed by atoms with E-state index in [-0.39, 0.29) is 4.90 Å². The van der Waals surface area contributed by atoms with Crippen LogP contribution in [0.4, 0.5) is 4.39 Å². The lowest BCUT2D eigenvalue weighted by atomic mass is 10.2. The molecule has 0 atom stereocenters. The summed E-state index contributed by atoms with van der Waals surface area (Å²) >= 11 is 3.27. The van der Waals surface area contributed by atoms with Gasteiger partial charge in [-0.05, 0) is 43.7 Å². The van der Waals surface area contributed by atoms with Crippen molar-refractivity contribution in [1.29, 1.82) is 0 Å². The van der Waals surface area contributed by atoms with Gasteiger partial charge < -0.3 is 5.32 Å². The van der Waals surface area contributed by atoms with E-state index in [0.717, 1.165) is 25.7 Å². The molecule has 4 nitrogen and oxygen atoms in total. The van der Waals surface area contributed by atoms with E-state index in [9.17, 15) is 12.8 Å². The lowest BCUT2D eigenvalue weighted by molar-refractivity contribution is 0.539. The third-order valence-corrected chi connectivity index (χ3v) is 5.67. The molecule has 0 aromatic heterocycles. The van der Waals surface area contributed by atoms with Gasteiger partial charge in [-0.15, -0.1) is 0 Å². The monoisotopic (exact) mass is 376 g/mol. The van der Waals surface area contributed by atoms with Crippen molar-refractivity contribution in [3.63, 3.8) is 0 Å². The Kier molecular flexibility index (Phi) is 4.36. The van der Waals surface area contributed by atoms with Gasteiger partial charge in [0, 0.05) is 29.2 Å². The maximum atomic E-state index is 14.5. The molecule has 21 heavy (non-hydrogen) atoms. The van der Waals surface area contributed by atoms with E-state index in [1.807, 2.05) is 0 Å². The largest absolute Gasteiger partial charge is 0.310 e. The lowest BCUT2D eigenvalue weighted by Crippen LogP contribution is -2.27. The van der Waals surface area contributed by atoms with Crippen LogP contribution in [0.5, 0.6) is 0 Å². The minimum atomic E-state index is -3.80. The third kappa shape index (κ3) is 4.03. The zero-order chi connectivity index (χ0) is 15.0. The first-order valence-electron chi connectivity index (χ1n) is 7.16. The molecule has 3 rings (SSSR count). The summed E-state index contributed by atoms with van der Waals surface area (Å²) in [5, 5.41) is 3.20. The minimum absolute atomic E-state index is 0.273. The third-order valence-electron chi connectivity index (χ3n) is 3.79. The fourth-order valence-electron chi connectivity index (χ4n) is 2.11. The summed E-state index contributed by atoms with van der Waals surface area (Å²) in [4.78, 5) is -0.273. The van der Waals surface area contributed by atoms with E-state index in [0.29, 0.717) is 35.1 Å².